The van der Waals surface area contributed by atoms with Gasteiger partial charge in [-0.05, 0) is 35.9 Å². The van der Waals surface area contributed by atoms with E-state index < -0.39 is 33.7 Å². The fourth-order valence-corrected chi connectivity index (χ4v) is 7.30. The summed E-state index contributed by atoms with van der Waals surface area (Å²) in [6.45, 7) is 0. The van der Waals surface area contributed by atoms with Crippen LogP contribution in [0, 0.1) is 0 Å². The molecule has 12 heteroatoms. The van der Waals surface area contributed by atoms with Gasteiger partial charge in [-0.2, -0.15) is 13.2 Å². The highest BCUT2D eigenvalue weighted by Gasteiger charge is 2.48. The molecular weight excluding hydrogens is 516 g/mol. The summed E-state index contributed by atoms with van der Waals surface area (Å²) in [6.07, 6.45) is -4.57. The largest absolute Gasteiger partial charge is 0.416 e. The lowest BCUT2D eigenvalue weighted by Crippen LogP contribution is -2.39. The molecule has 4 nitrogen and oxygen atoms in total. The number of aliphatic imine (C=N–C) groups is 1. The molecule has 2 aromatic rings. The summed E-state index contributed by atoms with van der Waals surface area (Å²) < 4.78 is 64.2. The van der Waals surface area contributed by atoms with Crippen molar-refractivity contribution in [1.82, 2.24) is 0 Å². The third-order valence-electron chi connectivity index (χ3n) is 5.01. The molecule has 0 N–H and O–H groups in total. The minimum absolute atomic E-state index is 0.0783. The predicted octanol–water partition coefficient (Wildman–Crippen LogP) is 5.94. The summed E-state index contributed by atoms with van der Waals surface area (Å²) in [7, 11) is -3.36. The number of amidine groups is 1. The van der Waals surface area contributed by atoms with Crippen LogP contribution >= 0.6 is 46.6 Å². The van der Waals surface area contributed by atoms with Crippen LogP contribution in [0.1, 0.15) is 11.1 Å². The Bertz CT molecular complexity index is 1170. The van der Waals surface area contributed by atoms with E-state index in [2.05, 4.69) is 4.99 Å². The van der Waals surface area contributed by atoms with Gasteiger partial charge in [-0.25, -0.2) is 8.42 Å². The summed E-state index contributed by atoms with van der Waals surface area (Å²) in [4.78, 5) is 6.03. The second-order valence-electron chi connectivity index (χ2n) is 7.18. The van der Waals surface area contributed by atoms with Crippen molar-refractivity contribution in [3.05, 3.63) is 62.6 Å². The summed E-state index contributed by atoms with van der Waals surface area (Å²) in [6, 6.07) is 6.83. The molecule has 0 aromatic heterocycles. The molecule has 4 rings (SSSR count). The lowest BCUT2D eigenvalue weighted by Gasteiger charge is -2.28. The van der Waals surface area contributed by atoms with E-state index in [1.807, 2.05) is 0 Å². The quantitative estimate of drug-likeness (QED) is 0.494. The number of hydrogen-bond donors (Lipinski definition) is 0. The van der Waals surface area contributed by atoms with Crippen molar-refractivity contribution in [2.24, 2.45) is 4.99 Å². The molecule has 2 aliphatic rings. The van der Waals surface area contributed by atoms with Crippen LogP contribution in [-0.4, -0.2) is 37.2 Å². The van der Waals surface area contributed by atoms with E-state index in [1.165, 1.54) is 16.7 Å². The van der Waals surface area contributed by atoms with Gasteiger partial charge in [-0.3, -0.25) is 4.99 Å². The van der Waals surface area contributed by atoms with E-state index in [0.29, 0.717) is 21.0 Å². The highest BCUT2D eigenvalue weighted by molar-refractivity contribution is 8.13. The SMILES string of the molecule is O=S1(=O)C[C@@H]2[C@@H](C1)N=C(SCc1ccc(Cl)cc1Cl)N2c1cc(C(F)(F)F)ccc1Cl. The second kappa shape index (κ2) is 8.33. The monoisotopic (exact) mass is 528 g/mol. The average molecular weight is 530 g/mol. The van der Waals surface area contributed by atoms with Gasteiger partial charge in [-0.15, -0.1) is 0 Å². The highest BCUT2D eigenvalue weighted by atomic mass is 35.5. The summed E-state index contributed by atoms with van der Waals surface area (Å²) >= 11 is 19.6. The number of thioether (sulfide) groups is 1. The smallest absolute Gasteiger partial charge is 0.313 e. The Labute approximate surface area is 196 Å². The fourth-order valence-electron chi connectivity index (χ4n) is 3.57. The number of sulfone groups is 1. The molecule has 2 heterocycles. The van der Waals surface area contributed by atoms with Crippen molar-refractivity contribution in [3.63, 3.8) is 0 Å². The average Bonchev–Trinajstić information content (AvgIpc) is 3.11. The number of rotatable bonds is 3. The van der Waals surface area contributed by atoms with Crippen molar-refractivity contribution in [2.75, 3.05) is 16.4 Å². The molecule has 0 bridgehead atoms. The number of hydrogen-bond acceptors (Lipinski definition) is 5. The molecule has 0 saturated carbocycles. The Hall–Kier alpha value is -1.13. The molecule has 0 aliphatic carbocycles. The van der Waals surface area contributed by atoms with Crippen LogP contribution in [0.5, 0.6) is 0 Å². The third-order valence-corrected chi connectivity index (χ3v) is 8.63. The van der Waals surface area contributed by atoms with Crippen LogP contribution < -0.4 is 4.90 Å². The summed E-state index contributed by atoms with van der Waals surface area (Å²) in [5.41, 5.74) is -0.0330. The van der Waals surface area contributed by atoms with Gasteiger partial charge in [0.05, 0.1) is 39.9 Å². The summed E-state index contributed by atoms with van der Waals surface area (Å²) in [5, 5.41) is 1.41. The maximum atomic E-state index is 13.3. The standard InChI is InChI=1S/C19H14Cl3F3N2O2S2/c20-12-3-1-10(14(22)6-12)7-30-18-26-15-8-31(28,29)9-17(15)27(18)16-5-11(19(23,24)25)2-4-13(16)21/h1-6,15,17H,7-9H2/t15-,17-/m1/s1. The maximum Gasteiger partial charge on any atom is 0.416 e. The predicted molar refractivity (Wildman–Crippen MR) is 120 cm³/mol. The van der Waals surface area contributed by atoms with E-state index >= 15 is 0 Å². The Morgan fingerprint density at radius 1 is 1.06 bits per heavy atom. The third kappa shape index (κ3) is 4.80. The van der Waals surface area contributed by atoms with Crippen LogP contribution in [-0.2, 0) is 21.8 Å². The number of benzene rings is 2. The minimum atomic E-state index is -4.57. The van der Waals surface area contributed by atoms with E-state index in [-0.39, 0.29) is 22.2 Å². The van der Waals surface area contributed by atoms with E-state index in [1.54, 1.807) is 18.2 Å². The molecule has 0 unspecified atom stereocenters. The van der Waals surface area contributed by atoms with E-state index in [9.17, 15) is 21.6 Å². The first-order valence-electron chi connectivity index (χ1n) is 8.95. The van der Waals surface area contributed by atoms with Crippen molar-refractivity contribution in [2.45, 2.75) is 24.0 Å². The lowest BCUT2D eigenvalue weighted by atomic mass is 10.1. The van der Waals surface area contributed by atoms with Gasteiger partial charge in [0.25, 0.3) is 0 Å². The van der Waals surface area contributed by atoms with Crippen molar-refractivity contribution < 1.29 is 21.6 Å². The zero-order chi connectivity index (χ0) is 22.6. The minimum Gasteiger partial charge on any atom is -0.313 e. The van der Waals surface area contributed by atoms with Gasteiger partial charge >= 0.3 is 6.18 Å². The van der Waals surface area contributed by atoms with E-state index in [4.69, 9.17) is 34.8 Å². The molecular formula is C19H14Cl3F3N2O2S2. The number of anilines is 1. The van der Waals surface area contributed by atoms with Crippen molar-refractivity contribution >= 4 is 67.3 Å². The van der Waals surface area contributed by atoms with Crippen molar-refractivity contribution in [3.8, 4) is 0 Å². The number of nitrogens with zero attached hydrogens (tertiary/aromatic N) is 2. The van der Waals surface area contributed by atoms with Crippen LogP contribution in [0.25, 0.3) is 0 Å². The Morgan fingerprint density at radius 2 is 1.81 bits per heavy atom. The molecule has 166 valence electrons. The van der Waals surface area contributed by atoms with Gasteiger partial charge in [0, 0.05) is 15.8 Å². The van der Waals surface area contributed by atoms with Gasteiger partial charge in [0.2, 0.25) is 0 Å². The molecule has 1 fully saturated rings. The van der Waals surface area contributed by atoms with Gasteiger partial charge in [0.1, 0.15) is 0 Å². The Balaban J connectivity index is 1.70. The first kappa shape index (κ1) is 23.0. The second-order valence-corrected chi connectivity index (χ2v) is 11.5. The highest BCUT2D eigenvalue weighted by Crippen LogP contribution is 2.42. The van der Waals surface area contributed by atoms with Crippen LogP contribution in [0.2, 0.25) is 15.1 Å². The summed E-state index contributed by atoms with van der Waals surface area (Å²) in [5.74, 6) is 0.00408. The van der Waals surface area contributed by atoms with Gasteiger partial charge < -0.3 is 4.90 Å². The zero-order valence-corrected chi connectivity index (χ0v) is 19.4. The molecule has 31 heavy (non-hydrogen) atoms. The topological polar surface area (TPSA) is 49.7 Å². The van der Waals surface area contributed by atoms with Crippen LogP contribution in [0.4, 0.5) is 18.9 Å². The van der Waals surface area contributed by atoms with Crippen LogP contribution in [0.3, 0.4) is 0 Å². The number of fused-ring (bicyclic) bond motifs is 1. The van der Waals surface area contributed by atoms with Gasteiger partial charge in [0.15, 0.2) is 15.0 Å². The first-order chi connectivity index (χ1) is 14.4. The molecule has 1 saturated heterocycles. The Morgan fingerprint density at radius 3 is 2.48 bits per heavy atom. The normalized spacial score (nSPS) is 22.5. The fraction of sp³-hybridized carbons (Fsp3) is 0.316. The van der Waals surface area contributed by atoms with Crippen molar-refractivity contribution in [1.29, 1.82) is 0 Å². The molecule has 0 amide bonds. The van der Waals surface area contributed by atoms with Crippen LogP contribution in [0.15, 0.2) is 41.4 Å². The number of alkyl halides is 3. The van der Waals surface area contributed by atoms with E-state index in [0.717, 1.165) is 23.8 Å². The van der Waals surface area contributed by atoms with Gasteiger partial charge in [-0.1, -0.05) is 52.6 Å². The lowest BCUT2D eigenvalue weighted by molar-refractivity contribution is -0.137. The Kier molecular flexibility index (Phi) is 6.20. The molecule has 2 aromatic carbocycles. The molecule has 2 aliphatic heterocycles. The first-order valence-corrected chi connectivity index (χ1v) is 12.9. The molecule has 2 atom stereocenters. The molecule has 0 spiro atoms. The maximum absolute atomic E-state index is 13.3. The number of halogens is 6. The zero-order valence-electron chi connectivity index (χ0n) is 15.5. The molecule has 0 radical (unpaired) electrons.